The van der Waals surface area contributed by atoms with Crippen LogP contribution in [0.25, 0.3) is 6.08 Å². The minimum atomic E-state index is -4.57. The first-order valence-corrected chi connectivity index (χ1v) is 13.9. The molecule has 3 amide bonds. The number of alkyl halides is 3. The number of halogens is 5. The second-order valence-corrected chi connectivity index (χ2v) is 11.3. The van der Waals surface area contributed by atoms with E-state index in [1.165, 1.54) is 6.07 Å². The highest BCUT2D eigenvalue weighted by molar-refractivity contribution is 14.1. The highest BCUT2D eigenvalue weighted by atomic mass is 127. The number of amides is 3. The first kappa shape index (κ1) is 28.4. The Bertz CT molecular complexity index is 1410. The van der Waals surface area contributed by atoms with E-state index in [1.54, 1.807) is 6.08 Å². The maximum absolute atomic E-state index is 12.9. The van der Waals surface area contributed by atoms with Crippen molar-refractivity contribution < 1.29 is 32.3 Å². The maximum Gasteiger partial charge on any atom is 0.416 e. The van der Waals surface area contributed by atoms with Crippen molar-refractivity contribution in [3.8, 4) is 5.75 Å². The van der Waals surface area contributed by atoms with Crippen molar-refractivity contribution in [3.05, 3.63) is 95.5 Å². The van der Waals surface area contributed by atoms with Crippen LogP contribution in [-0.2, 0) is 22.4 Å². The van der Waals surface area contributed by atoms with Gasteiger partial charge in [-0.3, -0.25) is 19.3 Å². The summed E-state index contributed by atoms with van der Waals surface area (Å²) in [5.74, 6) is -0.753. The van der Waals surface area contributed by atoms with Gasteiger partial charge in [0.1, 0.15) is 18.9 Å². The number of carbonyl (C=O) groups is 3. The molecule has 3 aromatic carbocycles. The molecule has 1 fully saturated rings. The van der Waals surface area contributed by atoms with E-state index >= 15 is 0 Å². The van der Waals surface area contributed by atoms with E-state index in [1.807, 2.05) is 42.5 Å². The predicted molar refractivity (Wildman–Crippen MR) is 155 cm³/mol. The van der Waals surface area contributed by atoms with E-state index in [4.69, 9.17) is 4.74 Å². The van der Waals surface area contributed by atoms with E-state index in [2.05, 4.69) is 50.5 Å². The van der Waals surface area contributed by atoms with Gasteiger partial charge in [-0.05, 0) is 104 Å². The molecule has 3 aromatic rings. The number of rotatable bonds is 7. The molecule has 1 aliphatic heterocycles. The number of benzene rings is 3. The molecule has 38 heavy (non-hydrogen) atoms. The molecule has 1 N–H and O–H groups in total. The van der Waals surface area contributed by atoms with Gasteiger partial charge >= 0.3 is 6.18 Å². The molecule has 4 rings (SSSR count). The van der Waals surface area contributed by atoms with Crippen molar-refractivity contribution in [2.75, 3.05) is 11.9 Å². The standard InChI is InChI=1S/C26H17F3I2N2O4S/c27-26(28,29)17-7-4-8-18(12-17)32-22(34)13-33-24(35)21(38-25(33)36)11-16-9-19(30)23(20(31)10-16)37-14-15-5-2-1-3-6-15/h1-12H,13-14H2,(H,32,34)/b21-11-. The zero-order chi connectivity index (χ0) is 27.4. The number of anilines is 1. The number of hydrogen-bond donors (Lipinski definition) is 1. The third-order valence-electron chi connectivity index (χ3n) is 5.19. The third-order valence-corrected chi connectivity index (χ3v) is 7.70. The van der Waals surface area contributed by atoms with Crippen molar-refractivity contribution in [3.63, 3.8) is 0 Å². The Morgan fingerprint density at radius 1 is 1.00 bits per heavy atom. The first-order chi connectivity index (χ1) is 18.0. The largest absolute Gasteiger partial charge is 0.487 e. The number of carbonyl (C=O) groups excluding carboxylic acids is 3. The average Bonchev–Trinajstić information content (AvgIpc) is 3.11. The lowest BCUT2D eigenvalue weighted by Gasteiger charge is -2.13. The molecule has 1 aliphatic rings. The smallest absolute Gasteiger partial charge is 0.416 e. The van der Waals surface area contributed by atoms with E-state index in [0.717, 1.165) is 35.8 Å². The molecule has 0 aliphatic carbocycles. The molecular weight excluding hydrogens is 747 g/mol. The van der Waals surface area contributed by atoms with Gasteiger partial charge in [-0.1, -0.05) is 36.4 Å². The monoisotopic (exact) mass is 764 g/mol. The van der Waals surface area contributed by atoms with Crippen LogP contribution in [0.1, 0.15) is 16.7 Å². The molecular formula is C26H17F3I2N2O4S. The summed E-state index contributed by atoms with van der Waals surface area (Å²) in [7, 11) is 0. The molecule has 0 saturated carbocycles. The lowest BCUT2D eigenvalue weighted by atomic mass is 10.2. The Morgan fingerprint density at radius 2 is 1.68 bits per heavy atom. The van der Waals surface area contributed by atoms with Gasteiger partial charge in [-0.25, -0.2) is 0 Å². The molecule has 0 atom stereocenters. The number of nitrogens with one attached hydrogen (secondary N) is 1. The summed E-state index contributed by atoms with van der Waals surface area (Å²) in [6.07, 6.45) is -3.01. The summed E-state index contributed by atoms with van der Waals surface area (Å²) in [4.78, 5) is 38.6. The van der Waals surface area contributed by atoms with Crippen molar-refractivity contribution in [1.29, 1.82) is 0 Å². The quantitative estimate of drug-likeness (QED) is 0.204. The van der Waals surface area contributed by atoms with Gasteiger partial charge in [0.15, 0.2) is 0 Å². The minimum absolute atomic E-state index is 0.0916. The van der Waals surface area contributed by atoms with Crippen LogP contribution in [0.4, 0.5) is 23.7 Å². The molecule has 12 heteroatoms. The van der Waals surface area contributed by atoms with Crippen LogP contribution in [0.15, 0.2) is 71.6 Å². The summed E-state index contributed by atoms with van der Waals surface area (Å²) < 4.78 is 46.3. The Morgan fingerprint density at radius 3 is 2.34 bits per heavy atom. The molecule has 1 saturated heterocycles. The summed E-state index contributed by atoms with van der Waals surface area (Å²) in [5.41, 5.74) is 0.676. The van der Waals surface area contributed by atoms with Gasteiger partial charge in [0, 0.05) is 5.69 Å². The molecule has 0 aromatic heterocycles. The van der Waals surface area contributed by atoms with E-state index < -0.39 is 35.3 Å². The zero-order valence-corrected chi connectivity index (χ0v) is 24.4. The normalized spacial score (nSPS) is 14.8. The summed E-state index contributed by atoms with van der Waals surface area (Å²) >= 11 is 4.96. The fourth-order valence-corrected chi connectivity index (χ4v) is 6.40. The Hall–Kier alpha value is -2.59. The lowest BCUT2D eigenvalue weighted by Crippen LogP contribution is -2.36. The Kier molecular flexibility index (Phi) is 9.03. The Balaban J connectivity index is 1.43. The topological polar surface area (TPSA) is 75.7 Å². The summed E-state index contributed by atoms with van der Waals surface area (Å²) in [5, 5.41) is 1.66. The summed E-state index contributed by atoms with van der Waals surface area (Å²) in [6, 6.07) is 17.4. The second kappa shape index (κ2) is 12.1. The van der Waals surface area contributed by atoms with E-state index in [9.17, 15) is 27.6 Å². The van der Waals surface area contributed by atoms with Crippen LogP contribution in [0.3, 0.4) is 0 Å². The third kappa shape index (κ3) is 7.08. The number of hydrogen-bond acceptors (Lipinski definition) is 5. The lowest BCUT2D eigenvalue weighted by molar-refractivity contribution is -0.137. The van der Waals surface area contributed by atoms with Gasteiger partial charge in [0.25, 0.3) is 11.1 Å². The van der Waals surface area contributed by atoms with Crippen LogP contribution in [0.5, 0.6) is 5.75 Å². The van der Waals surface area contributed by atoms with Gasteiger partial charge in [0.2, 0.25) is 5.91 Å². The molecule has 0 unspecified atom stereocenters. The first-order valence-electron chi connectivity index (χ1n) is 10.9. The Labute approximate surface area is 247 Å². The van der Waals surface area contributed by atoms with Gasteiger partial charge in [-0.2, -0.15) is 13.2 Å². The van der Waals surface area contributed by atoms with Gasteiger partial charge in [-0.15, -0.1) is 0 Å². The maximum atomic E-state index is 12.9. The van der Waals surface area contributed by atoms with Crippen LogP contribution in [-0.4, -0.2) is 28.5 Å². The molecule has 1 heterocycles. The van der Waals surface area contributed by atoms with Crippen molar-refractivity contribution in [1.82, 2.24) is 4.90 Å². The van der Waals surface area contributed by atoms with Crippen LogP contribution in [0.2, 0.25) is 0 Å². The SMILES string of the molecule is O=C(CN1C(=O)S/C(=C\c2cc(I)c(OCc3ccccc3)c(I)c2)C1=O)Nc1cccc(C(F)(F)F)c1. The van der Waals surface area contributed by atoms with Crippen molar-refractivity contribution in [2.45, 2.75) is 12.8 Å². The molecule has 0 bridgehead atoms. The second-order valence-electron chi connectivity index (χ2n) is 7.98. The molecule has 196 valence electrons. The molecule has 0 radical (unpaired) electrons. The van der Waals surface area contributed by atoms with Crippen LogP contribution in [0, 0.1) is 7.14 Å². The zero-order valence-electron chi connectivity index (χ0n) is 19.2. The van der Waals surface area contributed by atoms with Gasteiger partial charge < -0.3 is 10.1 Å². The molecule has 0 spiro atoms. The van der Waals surface area contributed by atoms with Crippen molar-refractivity contribution >= 4 is 85.8 Å². The predicted octanol–water partition coefficient (Wildman–Crippen LogP) is 7.17. The fourth-order valence-electron chi connectivity index (χ4n) is 3.44. The highest BCUT2D eigenvalue weighted by Crippen LogP contribution is 2.35. The number of ether oxygens (including phenoxy) is 1. The number of imide groups is 1. The fraction of sp³-hybridized carbons (Fsp3) is 0.115. The molecule has 6 nitrogen and oxygen atoms in total. The van der Waals surface area contributed by atoms with Gasteiger partial charge in [0.05, 0.1) is 17.6 Å². The van der Waals surface area contributed by atoms with Crippen LogP contribution < -0.4 is 10.1 Å². The van der Waals surface area contributed by atoms with E-state index in [0.29, 0.717) is 29.7 Å². The van der Waals surface area contributed by atoms with E-state index in [-0.39, 0.29) is 10.6 Å². The number of nitrogens with zero attached hydrogens (tertiary/aromatic N) is 1. The van der Waals surface area contributed by atoms with Crippen LogP contribution >= 0.6 is 56.9 Å². The average molecular weight is 764 g/mol. The number of thioether (sulfide) groups is 1. The summed E-state index contributed by atoms with van der Waals surface area (Å²) in [6.45, 7) is -0.229. The van der Waals surface area contributed by atoms with Crippen molar-refractivity contribution in [2.24, 2.45) is 0 Å². The minimum Gasteiger partial charge on any atom is -0.487 e. The highest BCUT2D eigenvalue weighted by Gasteiger charge is 2.36.